The first-order chi connectivity index (χ1) is 16.3. The van der Waals surface area contributed by atoms with Gasteiger partial charge in [0.1, 0.15) is 17.2 Å². The minimum atomic E-state index is -1.04. The van der Waals surface area contributed by atoms with Crippen LogP contribution in [0.3, 0.4) is 0 Å². The van der Waals surface area contributed by atoms with E-state index in [1.54, 1.807) is 19.4 Å². The van der Waals surface area contributed by atoms with Crippen molar-refractivity contribution in [1.29, 1.82) is 0 Å². The smallest absolute Gasteiger partial charge is 0.282 e. The number of nitrogens with one attached hydrogen (secondary N) is 1. The molecule has 3 heterocycles. The fourth-order valence-corrected chi connectivity index (χ4v) is 4.12. The summed E-state index contributed by atoms with van der Waals surface area (Å²) < 4.78 is 31.4. The number of carbonyl (C=O) groups excluding carboxylic acids is 2. The molecule has 3 N–H and O–H groups in total. The molecule has 0 bridgehead atoms. The van der Waals surface area contributed by atoms with Gasteiger partial charge in [-0.2, -0.15) is 5.10 Å². The quantitative estimate of drug-likeness (QED) is 0.443. The molecular formula is C23H21F2N7O2. The maximum atomic E-state index is 14.8. The van der Waals surface area contributed by atoms with E-state index in [0.717, 1.165) is 12.8 Å². The first kappa shape index (κ1) is 21.6. The van der Waals surface area contributed by atoms with Gasteiger partial charge in [-0.15, -0.1) is 0 Å². The molecule has 5 rings (SSSR count). The number of primary amides is 1. The number of fused-ring (bicyclic) bond motifs is 1. The van der Waals surface area contributed by atoms with Crippen LogP contribution < -0.4 is 11.1 Å². The van der Waals surface area contributed by atoms with Gasteiger partial charge in [0.05, 0.1) is 29.0 Å². The highest BCUT2D eigenvalue weighted by molar-refractivity contribution is 6.00. The van der Waals surface area contributed by atoms with Gasteiger partial charge in [-0.05, 0) is 24.8 Å². The number of imidazole rings is 1. The lowest BCUT2D eigenvalue weighted by atomic mass is 10.1. The summed E-state index contributed by atoms with van der Waals surface area (Å²) in [6.45, 7) is 3.37. The molecule has 3 aromatic rings. The highest BCUT2D eigenvalue weighted by Gasteiger charge is 2.36. The number of amides is 2. The molecule has 2 amide bonds. The van der Waals surface area contributed by atoms with Crippen LogP contribution in [0.2, 0.25) is 0 Å². The summed E-state index contributed by atoms with van der Waals surface area (Å²) in [6.07, 6.45) is 3.81. The molecule has 0 atom stereocenters. The Hall–Kier alpha value is -4.20. The summed E-state index contributed by atoms with van der Waals surface area (Å²) in [4.78, 5) is 29.5. The number of nitrogens with zero attached hydrogens (tertiary/aromatic N) is 5. The van der Waals surface area contributed by atoms with Gasteiger partial charge in [0.15, 0.2) is 11.5 Å². The van der Waals surface area contributed by atoms with E-state index < -0.39 is 23.5 Å². The van der Waals surface area contributed by atoms with Crippen LogP contribution >= 0.6 is 0 Å². The summed E-state index contributed by atoms with van der Waals surface area (Å²) in [5.74, 6) is 2.71. The molecule has 1 saturated heterocycles. The minimum absolute atomic E-state index is 0.0502. The number of anilines is 1. The topological polar surface area (TPSA) is 111 Å². The predicted molar refractivity (Wildman–Crippen MR) is 120 cm³/mol. The number of benzene rings is 1. The van der Waals surface area contributed by atoms with Crippen molar-refractivity contribution in [3.05, 3.63) is 53.5 Å². The van der Waals surface area contributed by atoms with Gasteiger partial charge in [-0.1, -0.05) is 12.5 Å². The summed E-state index contributed by atoms with van der Waals surface area (Å²) in [5.41, 5.74) is 7.15. The van der Waals surface area contributed by atoms with Gasteiger partial charge >= 0.3 is 0 Å². The Labute approximate surface area is 193 Å². The molecule has 11 heteroatoms. The number of aromatic nitrogens is 4. The van der Waals surface area contributed by atoms with Crippen molar-refractivity contribution < 1.29 is 18.4 Å². The molecule has 174 valence electrons. The number of halogens is 2. The molecule has 34 heavy (non-hydrogen) atoms. The summed E-state index contributed by atoms with van der Waals surface area (Å²) in [5, 5.41) is 7.27. The maximum Gasteiger partial charge on any atom is 0.282 e. The van der Waals surface area contributed by atoms with Crippen molar-refractivity contribution in [2.24, 2.45) is 5.73 Å². The molecule has 2 aliphatic rings. The maximum absolute atomic E-state index is 14.8. The Morgan fingerprint density at radius 2 is 1.97 bits per heavy atom. The number of rotatable bonds is 5. The fourth-order valence-electron chi connectivity index (χ4n) is 4.12. The Morgan fingerprint density at radius 3 is 2.59 bits per heavy atom. The zero-order valence-corrected chi connectivity index (χ0v) is 18.3. The van der Waals surface area contributed by atoms with E-state index in [-0.39, 0.29) is 36.0 Å². The van der Waals surface area contributed by atoms with Crippen molar-refractivity contribution in [2.45, 2.75) is 24.9 Å². The molecule has 1 aliphatic heterocycles. The van der Waals surface area contributed by atoms with E-state index in [1.807, 2.05) is 4.57 Å². The van der Waals surface area contributed by atoms with Crippen molar-refractivity contribution in [1.82, 2.24) is 24.2 Å². The van der Waals surface area contributed by atoms with Crippen LogP contribution in [0.5, 0.6) is 0 Å². The molecular weight excluding hydrogens is 444 g/mol. The third-order valence-electron chi connectivity index (χ3n) is 6.04. The van der Waals surface area contributed by atoms with Crippen LogP contribution in [0, 0.1) is 17.7 Å². The van der Waals surface area contributed by atoms with Gasteiger partial charge < -0.3 is 20.5 Å². The average Bonchev–Trinajstić information content (AvgIpc) is 3.42. The molecule has 2 fully saturated rings. The van der Waals surface area contributed by atoms with E-state index in [0.29, 0.717) is 22.9 Å². The van der Waals surface area contributed by atoms with Crippen molar-refractivity contribution in [3.8, 4) is 11.8 Å². The molecule has 2 aromatic heterocycles. The van der Waals surface area contributed by atoms with Crippen molar-refractivity contribution in [3.63, 3.8) is 0 Å². The second-order valence-electron chi connectivity index (χ2n) is 8.35. The number of hydrogen-bond acceptors (Lipinski definition) is 5. The Balaban J connectivity index is 1.48. The number of nitrogens with two attached hydrogens (primary N) is 1. The first-order valence-corrected chi connectivity index (χ1v) is 10.7. The van der Waals surface area contributed by atoms with Gasteiger partial charge in [-0.25, -0.2) is 18.4 Å². The van der Waals surface area contributed by atoms with Gasteiger partial charge in [0.2, 0.25) is 0 Å². The Kier molecular flexibility index (Phi) is 5.08. The van der Waals surface area contributed by atoms with E-state index in [1.165, 1.54) is 15.6 Å². The van der Waals surface area contributed by atoms with Crippen molar-refractivity contribution >= 4 is 28.7 Å². The minimum Gasteiger partial charge on any atom is -0.373 e. The molecule has 1 saturated carbocycles. The van der Waals surface area contributed by atoms with E-state index in [9.17, 15) is 18.4 Å². The van der Waals surface area contributed by atoms with Crippen LogP contribution in [-0.2, 0) is 4.79 Å². The van der Waals surface area contributed by atoms with Crippen molar-refractivity contribution in [2.75, 3.05) is 25.5 Å². The SMILES string of the molecule is C=C(F)C(=O)N1CC(n2nc(C#Cc3cc4ncn(C5CC5)c4cc3F)c(C(N)=O)c2NC)C1. The number of likely N-dealkylation sites (tertiary alicyclic amines) is 1. The summed E-state index contributed by atoms with van der Waals surface area (Å²) in [7, 11) is 1.59. The molecule has 1 aromatic carbocycles. The molecule has 1 aliphatic carbocycles. The van der Waals surface area contributed by atoms with Gasteiger partial charge in [0, 0.05) is 32.2 Å². The molecule has 0 spiro atoms. The normalized spacial score (nSPS) is 15.6. The molecule has 0 radical (unpaired) electrons. The lowest BCUT2D eigenvalue weighted by molar-refractivity contribution is -0.134. The second kappa shape index (κ2) is 7.98. The lowest BCUT2D eigenvalue weighted by Gasteiger charge is -2.39. The molecule has 9 nitrogen and oxygen atoms in total. The number of carbonyl (C=O) groups is 2. The summed E-state index contributed by atoms with van der Waals surface area (Å²) in [6, 6.07) is 3.02. The zero-order chi connectivity index (χ0) is 24.1. The van der Waals surface area contributed by atoms with Gasteiger partial charge in [0.25, 0.3) is 11.8 Å². The highest BCUT2D eigenvalue weighted by atomic mass is 19.1. The zero-order valence-electron chi connectivity index (χ0n) is 18.3. The third-order valence-corrected chi connectivity index (χ3v) is 6.04. The van der Waals surface area contributed by atoms with Crippen LogP contribution in [-0.4, -0.2) is 56.2 Å². The highest BCUT2D eigenvalue weighted by Crippen LogP contribution is 2.37. The standard InChI is InChI=1S/C23H21F2N7O2/c1-12(24)23(34)30-9-15(10-30)32-22(27-2)20(21(26)33)17(29-32)6-3-13-7-18-19(8-16(13)25)31(11-28-18)14-4-5-14/h7-8,11,14-15,27H,1,4-5,9-10H2,2H3,(H2,26,33). The van der Waals surface area contributed by atoms with Crippen LogP contribution in [0.25, 0.3) is 11.0 Å². The number of hydrogen-bond donors (Lipinski definition) is 2. The van der Waals surface area contributed by atoms with E-state index >= 15 is 0 Å². The first-order valence-electron chi connectivity index (χ1n) is 10.7. The predicted octanol–water partition coefficient (Wildman–Crippen LogP) is 2.11. The summed E-state index contributed by atoms with van der Waals surface area (Å²) >= 11 is 0. The Bertz CT molecular complexity index is 1420. The largest absolute Gasteiger partial charge is 0.373 e. The monoisotopic (exact) mass is 465 g/mol. The van der Waals surface area contributed by atoms with E-state index in [2.05, 4.69) is 33.8 Å². The van der Waals surface area contributed by atoms with Crippen LogP contribution in [0.15, 0.2) is 30.9 Å². The molecule has 0 unspecified atom stereocenters. The fraction of sp³-hybridized carbons (Fsp3) is 0.304. The third kappa shape index (κ3) is 3.57. The van der Waals surface area contributed by atoms with Crippen LogP contribution in [0.4, 0.5) is 14.6 Å². The average molecular weight is 465 g/mol. The Morgan fingerprint density at radius 1 is 1.24 bits per heavy atom. The van der Waals surface area contributed by atoms with E-state index in [4.69, 9.17) is 5.73 Å². The lowest BCUT2D eigenvalue weighted by Crippen LogP contribution is -2.51. The second-order valence-corrected chi connectivity index (χ2v) is 8.35. The van der Waals surface area contributed by atoms with Gasteiger partial charge in [-0.3, -0.25) is 9.59 Å². The van der Waals surface area contributed by atoms with Crippen LogP contribution in [0.1, 0.15) is 46.5 Å².